The van der Waals surface area contributed by atoms with Crippen LogP contribution < -0.4 is 10.5 Å². The summed E-state index contributed by atoms with van der Waals surface area (Å²) >= 11 is 0. The van der Waals surface area contributed by atoms with Crippen molar-refractivity contribution < 1.29 is 8.42 Å². The van der Waals surface area contributed by atoms with Crippen LogP contribution in [0.15, 0.2) is 41.8 Å². The molecule has 0 aliphatic carbocycles. The fraction of sp³-hybridized carbons (Fsp3) is 0.250. The van der Waals surface area contributed by atoms with Crippen LogP contribution in [0.25, 0.3) is 0 Å². The molecular formula is C12H16N4O2S. The Morgan fingerprint density at radius 3 is 2.84 bits per heavy atom. The summed E-state index contributed by atoms with van der Waals surface area (Å²) in [6.45, 7) is 2.66. The van der Waals surface area contributed by atoms with Crippen LogP contribution in [-0.4, -0.2) is 24.5 Å². The van der Waals surface area contributed by atoms with E-state index in [1.807, 2.05) is 6.92 Å². The van der Waals surface area contributed by atoms with E-state index in [2.05, 4.69) is 9.71 Å². The first-order valence-electron chi connectivity index (χ1n) is 5.80. The standard InChI is InChI=1S/C12H16N4O2S/c1-10-2-3-12(11(13)8-10)19(17,18)15-5-7-16-6-4-14-9-16/h2-4,6,8-9,15H,5,7,13H2,1H3. The van der Waals surface area contributed by atoms with Gasteiger partial charge in [-0.3, -0.25) is 0 Å². The van der Waals surface area contributed by atoms with Crippen molar-refractivity contribution in [2.45, 2.75) is 18.4 Å². The van der Waals surface area contributed by atoms with Gasteiger partial charge in [0.05, 0.1) is 12.0 Å². The Morgan fingerprint density at radius 2 is 2.21 bits per heavy atom. The molecule has 0 saturated heterocycles. The van der Waals surface area contributed by atoms with Gasteiger partial charge in [0.1, 0.15) is 4.90 Å². The lowest BCUT2D eigenvalue weighted by molar-refractivity contribution is 0.573. The summed E-state index contributed by atoms with van der Waals surface area (Å²) in [4.78, 5) is 4.00. The molecule has 102 valence electrons. The number of hydrogen-bond acceptors (Lipinski definition) is 4. The van der Waals surface area contributed by atoms with Crippen molar-refractivity contribution in [3.05, 3.63) is 42.5 Å². The third-order valence-electron chi connectivity index (χ3n) is 2.68. The number of aryl methyl sites for hydroxylation is 1. The Labute approximate surface area is 112 Å². The minimum Gasteiger partial charge on any atom is -0.398 e. The third-order valence-corrected chi connectivity index (χ3v) is 4.21. The van der Waals surface area contributed by atoms with Gasteiger partial charge in [-0.1, -0.05) is 6.07 Å². The number of hydrogen-bond donors (Lipinski definition) is 2. The highest BCUT2D eigenvalue weighted by molar-refractivity contribution is 7.89. The van der Waals surface area contributed by atoms with Crippen molar-refractivity contribution in [2.24, 2.45) is 0 Å². The zero-order valence-corrected chi connectivity index (χ0v) is 11.4. The number of imidazole rings is 1. The van der Waals surface area contributed by atoms with Gasteiger partial charge in [0, 0.05) is 25.5 Å². The second kappa shape index (κ2) is 5.41. The Balaban J connectivity index is 2.05. The van der Waals surface area contributed by atoms with Crippen LogP contribution in [-0.2, 0) is 16.6 Å². The van der Waals surface area contributed by atoms with Gasteiger partial charge in [-0.2, -0.15) is 0 Å². The molecule has 0 saturated carbocycles. The van der Waals surface area contributed by atoms with Crippen LogP contribution >= 0.6 is 0 Å². The summed E-state index contributed by atoms with van der Waals surface area (Å²) < 4.78 is 28.5. The number of rotatable bonds is 5. The van der Waals surface area contributed by atoms with Crippen molar-refractivity contribution in [3.8, 4) is 0 Å². The summed E-state index contributed by atoms with van der Waals surface area (Å²) in [7, 11) is -3.57. The van der Waals surface area contributed by atoms with Crippen LogP contribution in [0, 0.1) is 6.92 Å². The van der Waals surface area contributed by atoms with E-state index in [0.717, 1.165) is 5.56 Å². The normalized spacial score (nSPS) is 11.6. The topological polar surface area (TPSA) is 90.0 Å². The third kappa shape index (κ3) is 3.33. The molecule has 1 aromatic heterocycles. The van der Waals surface area contributed by atoms with Gasteiger partial charge < -0.3 is 10.3 Å². The summed E-state index contributed by atoms with van der Waals surface area (Å²) in [5, 5.41) is 0. The predicted octanol–water partition coefficient (Wildman–Crippen LogP) is 0.752. The van der Waals surface area contributed by atoms with Gasteiger partial charge in [-0.25, -0.2) is 18.1 Å². The van der Waals surface area contributed by atoms with Crippen LogP contribution in [0.1, 0.15) is 5.56 Å². The van der Waals surface area contributed by atoms with Crippen molar-refractivity contribution in [1.82, 2.24) is 14.3 Å². The van der Waals surface area contributed by atoms with Crippen LogP contribution in [0.2, 0.25) is 0 Å². The highest BCUT2D eigenvalue weighted by atomic mass is 32.2. The molecule has 0 atom stereocenters. The molecule has 7 heteroatoms. The number of nitrogens with one attached hydrogen (secondary N) is 1. The number of sulfonamides is 1. The maximum absolute atomic E-state index is 12.1. The minimum absolute atomic E-state index is 0.115. The lowest BCUT2D eigenvalue weighted by atomic mass is 10.2. The molecule has 0 radical (unpaired) electrons. The fourth-order valence-electron chi connectivity index (χ4n) is 1.72. The Kier molecular flexibility index (Phi) is 3.87. The molecule has 0 amide bonds. The van der Waals surface area contributed by atoms with E-state index in [1.165, 1.54) is 6.07 Å². The second-order valence-corrected chi connectivity index (χ2v) is 5.97. The second-order valence-electron chi connectivity index (χ2n) is 4.24. The van der Waals surface area contributed by atoms with E-state index in [4.69, 9.17) is 5.73 Å². The van der Waals surface area contributed by atoms with Gasteiger partial charge >= 0.3 is 0 Å². The predicted molar refractivity (Wildman–Crippen MR) is 73.0 cm³/mol. The van der Waals surface area contributed by atoms with Gasteiger partial charge in [-0.05, 0) is 24.6 Å². The quantitative estimate of drug-likeness (QED) is 0.791. The van der Waals surface area contributed by atoms with Gasteiger partial charge in [0.25, 0.3) is 0 Å². The zero-order valence-electron chi connectivity index (χ0n) is 10.6. The number of nitrogens with zero attached hydrogens (tertiary/aromatic N) is 2. The van der Waals surface area contributed by atoms with Gasteiger partial charge in [0.15, 0.2) is 0 Å². The summed E-state index contributed by atoms with van der Waals surface area (Å²) in [6.07, 6.45) is 5.05. The van der Waals surface area contributed by atoms with E-state index in [1.54, 1.807) is 35.4 Å². The SMILES string of the molecule is Cc1ccc(S(=O)(=O)NCCn2ccnc2)c(N)c1. The lowest BCUT2D eigenvalue weighted by Crippen LogP contribution is -2.27. The first kappa shape index (κ1) is 13.6. The Bertz CT molecular complexity index is 650. The average molecular weight is 280 g/mol. The summed E-state index contributed by atoms with van der Waals surface area (Å²) in [5.74, 6) is 0. The first-order valence-corrected chi connectivity index (χ1v) is 7.29. The molecule has 6 nitrogen and oxygen atoms in total. The molecule has 2 aromatic rings. The number of nitrogen functional groups attached to an aromatic ring is 1. The Morgan fingerprint density at radius 1 is 1.42 bits per heavy atom. The molecule has 0 unspecified atom stereocenters. The lowest BCUT2D eigenvalue weighted by Gasteiger charge is -2.10. The van der Waals surface area contributed by atoms with Crippen molar-refractivity contribution in [1.29, 1.82) is 0 Å². The van der Waals surface area contributed by atoms with Crippen LogP contribution in [0.4, 0.5) is 5.69 Å². The monoisotopic (exact) mass is 280 g/mol. The molecule has 0 aliphatic heterocycles. The highest BCUT2D eigenvalue weighted by Crippen LogP contribution is 2.18. The molecule has 19 heavy (non-hydrogen) atoms. The number of benzene rings is 1. The van der Waals surface area contributed by atoms with Crippen molar-refractivity contribution in [3.63, 3.8) is 0 Å². The molecule has 0 aliphatic rings. The van der Waals surface area contributed by atoms with Crippen molar-refractivity contribution >= 4 is 15.7 Å². The molecule has 0 fully saturated rings. The van der Waals surface area contributed by atoms with E-state index in [0.29, 0.717) is 6.54 Å². The van der Waals surface area contributed by atoms with Crippen LogP contribution in [0.5, 0.6) is 0 Å². The Hall–Kier alpha value is -1.86. The molecule has 1 heterocycles. The maximum atomic E-state index is 12.1. The van der Waals surface area contributed by atoms with E-state index in [9.17, 15) is 8.42 Å². The number of anilines is 1. The van der Waals surface area contributed by atoms with E-state index < -0.39 is 10.0 Å². The van der Waals surface area contributed by atoms with Crippen molar-refractivity contribution in [2.75, 3.05) is 12.3 Å². The molecule has 2 rings (SSSR count). The summed E-state index contributed by atoms with van der Waals surface area (Å²) in [5.41, 5.74) is 6.92. The fourth-order valence-corrected chi connectivity index (χ4v) is 2.85. The highest BCUT2D eigenvalue weighted by Gasteiger charge is 2.16. The molecular weight excluding hydrogens is 264 g/mol. The van der Waals surface area contributed by atoms with E-state index >= 15 is 0 Å². The van der Waals surface area contributed by atoms with Crippen LogP contribution in [0.3, 0.4) is 0 Å². The smallest absolute Gasteiger partial charge is 0.242 e. The molecule has 3 N–H and O–H groups in total. The van der Waals surface area contributed by atoms with Gasteiger partial charge in [0.2, 0.25) is 10.0 Å². The zero-order chi connectivity index (χ0) is 13.9. The minimum atomic E-state index is -3.57. The molecule has 1 aromatic carbocycles. The summed E-state index contributed by atoms with van der Waals surface area (Å²) in [6, 6.07) is 4.88. The van der Waals surface area contributed by atoms with E-state index in [-0.39, 0.29) is 17.1 Å². The maximum Gasteiger partial charge on any atom is 0.242 e. The first-order chi connectivity index (χ1) is 8.99. The van der Waals surface area contributed by atoms with Gasteiger partial charge in [-0.15, -0.1) is 0 Å². The molecule has 0 spiro atoms. The number of nitrogens with two attached hydrogens (primary N) is 1. The number of aromatic nitrogens is 2. The molecule has 0 bridgehead atoms. The average Bonchev–Trinajstić information content (AvgIpc) is 2.81. The largest absolute Gasteiger partial charge is 0.398 e.